The van der Waals surface area contributed by atoms with Crippen LogP contribution in [0.2, 0.25) is 0 Å². The first-order valence-electron chi connectivity index (χ1n) is 7.82. The number of ether oxygens (including phenoxy) is 3. The Morgan fingerprint density at radius 1 is 1.00 bits per heavy atom. The van der Waals surface area contributed by atoms with Gasteiger partial charge in [-0.25, -0.2) is 4.79 Å². The Morgan fingerprint density at radius 2 is 1.72 bits per heavy atom. The number of benzene rings is 2. The van der Waals surface area contributed by atoms with Crippen molar-refractivity contribution in [2.24, 2.45) is 0 Å². The molecule has 0 saturated carbocycles. The predicted molar refractivity (Wildman–Crippen MR) is 94.8 cm³/mol. The Labute approximate surface area is 146 Å². The number of carbonyl (C=O) groups is 2. The molecule has 0 aliphatic heterocycles. The van der Waals surface area contributed by atoms with Crippen molar-refractivity contribution in [3.05, 3.63) is 54.6 Å². The Balaban J connectivity index is 2.45. The predicted octanol–water partition coefficient (Wildman–Crippen LogP) is 4.16. The van der Waals surface area contributed by atoms with Gasteiger partial charge in [0.15, 0.2) is 11.5 Å². The van der Waals surface area contributed by atoms with E-state index in [1.807, 2.05) is 12.1 Å². The third-order valence-corrected chi connectivity index (χ3v) is 3.43. The quantitative estimate of drug-likeness (QED) is 0.449. The molecule has 0 heterocycles. The molecule has 25 heavy (non-hydrogen) atoms. The molecule has 0 unspecified atom stereocenters. The molecule has 0 aliphatic rings. The van der Waals surface area contributed by atoms with Crippen LogP contribution in [0.3, 0.4) is 0 Å². The van der Waals surface area contributed by atoms with Gasteiger partial charge in [0, 0.05) is 17.6 Å². The fourth-order valence-corrected chi connectivity index (χ4v) is 2.10. The summed E-state index contributed by atoms with van der Waals surface area (Å²) < 4.78 is 15.9. The Kier molecular flexibility index (Phi) is 5.95. The minimum atomic E-state index is -0.541. The van der Waals surface area contributed by atoms with Crippen LogP contribution in [0.15, 0.2) is 54.6 Å². The molecule has 5 heteroatoms. The Bertz CT molecular complexity index is 807. The van der Waals surface area contributed by atoms with Crippen LogP contribution in [-0.4, -0.2) is 19.0 Å². The highest BCUT2D eigenvalue weighted by atomic mass is 16.6. The van der Waals surface area contributed by atoms with Crippen molar-refractivity contribution in [3.63, 3.8) is 0 Å². The van der Waals surface area contributed by atoms with Crippen LogP contribution in [0, 0.1) is 0 Å². The summed E-state index contributed by atoms with van der Waals surface area (Å²) in [6, 6.07) is 12.3. The minimum absolute atomic E-state index is 0.268. The lowest BCUT2D eigenvalue weighted by atomic mass is 10.0. The van der Waals surface area contributed by atoms with Gasteiger partial charge in [-0.05, 0) is 30.7 Å². The first-order chi connectivity index (χ1) is 12.0. The molecular weight excluding hydrogens is 320 g/mol. The Hall–Kier alpha value is -3.08. The van der Waals surface area contributed by atoms with Crippen LogP contribution in [0.25, 0.3) is 11.1 Å². The van der Waals surface area contributed by atoms with Crippen LogP contribution < -0.4 is 14.2 Å². The van der Waals surface area contributed by atoms with Crippen LogP contribution in [0.1, 0.15) is 20.3 Å². The van der Waals surface area contributed by atoms with E-state index in [9.17, 15) is 9.59 Å². The summed E-state index contributed by atoms with van der Waals surface area (Å²) in [5.74, 6) is 0.263. The lowest BCUT2D eigenvalue weighted by Crippen LogP contribution is -2.09. The summed E-state index contributed by atoms with van der Waals surface area (Å²) in [5, 5.41) is 0. The molecule has 2 aromatic carbocycles. The van der Waals surface area contributed by atoms with Crippen LogP contribution in [0.5, 0.6) is 17.2 Å². The number of hydrogen-bond acceptors (Lipinski definition) is 5. The molecule has 0 spiro atoms. The van der Waals surface area contributed by atoms with Crippen molar-refractivity contribution >= 4 is 11.9 Å². The van der Waals surface area contributed by atoms with Gasteiger partial charge in [-0.15, -0.1) is 0 Å². The fraction of sp³-hybridized carbons (Fsp3) is 0.200. The molecule has 0 aliphatic carbocycles. The highest BCUT2D eigenvalue weighted by Gasteiger charge is 2.15. The molecular formula is C20H20O5. The maximum atomic E-state index is 11.8. The number of methoxy groups -OCH3 is 1. The van der Waals surface area contributed by atoms with Crippen molar-refractivity contribution in [1.82, 2.24) is 0 Å². The zero-order valence-electron chi connectivity index (χ0n) is 14.5. The van der Waals surface area contributed by atoms with Crippen LogP contribution >= 0.6 is 0 Å². The SMILES string of the molecule is C=C(C)C(=O)Oc1cc(-c2ccccc2OC(=O)CC)ccc1OC. The van der Waals surface area contributed by atoms with E-state index >= 15 is 0 Å². The molecule has 0 fully saturated rings. The molecule has 5 nitrogen and oxygen atoms in total. The number of esters is 2. The number of hydrogen-bond donors (Lipinski definition) is 0. The van der Waals surface area contributed by atoms with E-state index in [1.165, 1.54) is 7.11 Å². The molecule has 0 atom stereocenters. The number of carbonyl (C=O) groups excluding carboxylic acids is 2. The molecule has 0 saturated heterocycles. The average molecular weight is 340 g/mol. The monoisotopic (exact) mass is 340 g/mol. The molecule has 0 bridgehead atoms. The van der Waals surface area contributed by atoms with Gasteiger partial charge in [0.25, 0.3) is 0 Å². The van der Waals surface area contributed by atoms with Gasteiger partial charge in [0.05, 0.1) is 7.11 Å². The molecule has 0 N–H and O–H groups in total. The third-order valence-electron chi connectivity index (χ3n) is 3.43. The van der Waals surface area contributed by atoms with Gasteiger partial charge in [-0.2, -0.15) is 0 Å². The number of para-hydroxylation sites is 1. The van der Waals surface area contributed by atoms with Gasteiger partial charge in [0.2, 0.25) is 0 Å². The second-order valence-electron chi connectivity index (χ2n) is 5.36. The maximum absolute atomic E-state index is 11.8. The first kappa shape index (κ1) is 18.3. The Morgan fingerprint density at radius 3 is 2.36 bits per heavy atom. The second kappa shape index (κ2) is 8.15. The summed E-state index contributed by atoms with van der Waals surface area (Å²) in [4.78, 5) is 23.5. The zero-order chi connectivity index (χ0) is 18.4. The molecule has 2 aromatic rings. The highest BCUT2D eigenvalue weighted by molar-refractivity contribution is 5.89. The highest BCUT2D eigenvalue weighted by Crippen LogP contribution is 2.36. The van der Waals surface area contributed by atoms with Gasteiger partial charge >= 0.3 is 11.9 Å². The standard InChI is InChI=1S/C20H20O5/c1-5-19(21)24-16-9-7-6-8-15(16)14-10-11-17(23-4)18(12-14)25-20(22)13(2)3/h6-12H,2,5H2,1,3-4H3. The first-order valence-corrected chi connectivity index (χ1v) is 7.82. The van der Waals surface area contributed by atoms with Crippen LogP contribution in [0.4, 0.5) is 0 Å². The number of rotatable bonds is 6. The third kappa shape index (κ3) is 4.47. The van der Waals surface area contributed by atoms with Crippen molar-refractivity contribution in [1.29, 1.82) is 0 Å². The van der Waals surface area contributed by atoms with Gasteiger partial charge < -0.3 is 14.2 Å². The van der Waals surface area contributed by atoms with Gasteiger partial charge in [-0.1, -0.05) is 37.8 Å². The van der Waals surface area contributed by atoms with E-state index in [1.54, 1.807) is 44.2 Å². The normalized spacial score (nSPS) is 10.0. The van der Waals surface area contributed by atoms with Crippen molar-refractivity contribution in [3.8, 4) is 28.4 Å². The molecule has 2 rings (SSSR count). The smallest absolute Gasteiger partial charge is 0.338 e. The van der Waals surface area contributed by atoms with Crippen molar-refractivity contribution < 1.29 is 23.8 Å². The average Bonchev–Trinajstić information content (AvgIpc) is 2.61. The summed E-state index contributed by atoms with van der Waals surface area (Å²) >= 11 is 0. The summed E-state index contributed by atoms with van der Waals surface area (Å²) in [6.45, 7) is 6.87. The van der Waals surface area contributed by atoms with Crippen molar-refractivity contribution in [2.75, 3.05) is 7.11 Å². The lowest BCUT2D eigenvalue weighted by molar-refractivity contribution is -0.134. The minimum Gasteiger partial charge on any atom is -0.493 e. The topological polar surface area (TPSA) is 61.8 Å². The van der Waals surface area contributed by atoms with E-state index in [-0.39, 0.29) is 23.7 Å². The maximum Gasteiger partial charge on any atom is 0.338 e. The lowest BCUT2D eigenvalue weighted by Gasteiger charge is -2.13. The summed E-state index contributed by atoms with van der Waals surface area (Å²) in [5.41, 5.74) is 1.72. The molecule has 130 valence electrons. The summed E-state index contributed by atoms with van der Waals surface area (Å²) in [7, 11) is 1.49. The molecule has 0 amide bonds. The summed E-state index contributed by atoms with van der Waals surface area (Å²) in [6.07, 6.45) is 0.276. The van der Waals surface area contributed by atoms with E-state index < -0.39 is 5.97 Å². The zero-order valence-corrected chi connectivity index (χ0v) is 14.5. The second-order valence-corrected chi connectivity index (χ2v) is 5.36. The van der Waals surface area contributed by atoms with E-state index in [2.05, 4.69) is 6.58 Å². The van der Waals surface area contributed by atoms with E-state index in [4.69, 9.17) is 14.2 Å². The molecule has 0 aromatic heterocycles. The van der Waals surface area contributed by atoms with E-state index in [0.29, 0.717) is 17.1 Å². The van der Waals surface area contributed by atoms with Gasteiger partial charge in [0.1, 0.15) is 5.75 Å². The van der Waals surface area contributed by atoms with Gasteiger partial charge in [-0.3, -0.25) is 4.79 Å². The fourth-order valence-electron chi connectivity index (χ4n) is 2.10. The van der Waals surface area contributed by atoms with Crippen molar-refractivity contribution in [2.45, 2.75) is 20.3 Å². The van der Waals surface area contributed by atoms with E-state index in [0.717, 1.165) is 5.56 Å². The van der Waals surface area contributed by atoms with Crippen LogP contribution in [-0.2, 0) is 9.59 Å². The largest absolute Gasteiger partial charge is 0.493 e. The molecule has 0 radical (unpaired) electrons.